The topological polar surface area (TPSA) is 166 Å². The number of nitrogens with one attached hydrogen (secondary N) is 1. The van der Waals surface area contributed by atoms with Crippen molar-refractivity contribution in [3.63, 3.8) is 0 Å². The molecule has 0 fully saturated rings. The predicted octanol–water partition coefficient (Wildman–Crippen LogP) is 3.22. The summed E-state index contributed by atoms with van der Waals surface area (Å²) < 4.78 is 1.72. The maximum absolute atomic E-state index is 12.3. The minimum absolute atomic E-state index is 0.0538. The summed E-state index contributed by atoms with van der Waals surface area (Å²) >= 11 is 1.10. The highest BCUT2D eigenvalue weighted by Gasteiger charge is 2.18. The Morgan fingerprint density at radius 2 is 1.94 bits per heavy atom. The molecular weight excluding hydrogens is 428 g/mol. The molecule has 0 unspecified atom stereocenters. The number of hydrogen-bond acceptors (Lipinski definition) is 9. The molecule has 12 nitrogen and oxygen atoms in total. The summed E-state index contributed by atoms with van der Waals surface area (Å²) in [5.74, 6) is -0.556. The molecule has 0 saturated carbocycles. The van der Waals surface area contributed by atoms with E-state index in [1.807, 2.05) is 6.92 Å². The molecule has 0 spiro atoms. The summed E-state index contributed by atoms with van der Waals surface area (Å²) in [5.41, 5.74) is 0.109. The number of phenols is 1. The lowest BCUT2D eigenvalue weighted by Crippen LogP contribution is -2.14. The molecule has 3 aromatic rings. The fraction of sp³-hybridized carbons (Fsp3) is 0.167. The van der Waals surface area contributed by atoms with Gasteiger partial charge in [0.1, 0.15) is 0 Å². The summed E-state index contributed by atoms with van der Waals surface area (Å²) in [6.45, 7) is 2.32. The zero-order valence-corrected chi connectivity index (χ0v) is 16.9. The Balaban J connectivity index is 1.72. The van der Waals surface area contributed by atoms with E-state index in [1.165, 1.54) is 18.2 Å². The number of nitro benzene ring substituents is 2. The van der Waals surface area contributed by atoms with Crippen molar-refractivity contribution < 1.29 is 19.7 Å². The average molecular weight is 444 g/mol. The van der Waals surface area contributed by atoms with Gasteiger partial charge in [-0.1, -0.05) is 23.9 Å². The fourth-order valence-corrected chi connectivity index (χ4v) is 3.53. The Labute approximate surface area is 179 Å². The van der Waals surface area contributed by atoms with Crippen LogP contribution < -0.4 is 5.32 Å². The van der Waals surface area contributed by atoms with Gasteiger partial charge < -0.3 is 15.0 Å². The molecule has 1 amide bonds. The van der Waals surface area contributed by atoms with Crippen LogP contribution in [-0.2, 0) is 11.3 Å². The summed E-state index contributed by atoms with van der Waals surface area (Å²) in [7, 11) is 0. The molecule has 2 aromatic carbocycles. The highest BCUT2D eigenvalue weighted by molar-refractivity contribution is 7.99. The number of hydrogen-bond donors (Lipinski definition) is 2. The molecule has 0 aliphatic carbocycles. The van der Waals surface area contributed by atoms with E-state index in [0.29, 0.717) is 23.1 Å². The first-order chi connectivity index (χ1) is 14.8. The lowest BCUT2D eigenvalue weighted by Gasteiger charge is -2.08. The number of amides is 1. The first-order valence-corrected chi connectivity index (χ1v) is 9.86. The van der Waals surface area contributed by atoms with Gasteiger partial charge in [0.2, 0.25) is 5.91 Å². The highest BCUT2D eigenvalue weighted by atomic mass is 32.2. The number of anilines is 1. The van der Waals surface area contributed by atoms with E-state index in [4.69, 9.17) is 0 Å². The van der Waals surface area contributed by atoms with Gasteiger partial charge in [0, 0.05) is 36.0 Å². The minimum atomic E-state index is -0.751. The van der Waals surface area contributed by atoms with Gasteiger partial charge in [-0.15, -0.1) is 10.2 Å². The maximum Gasteiger partial charge on any atom is 0.312 e. The Morgan fingerprint density at radius 3 is 2.61 bits per heavy atom. The van der Waals surface area contributed by atoms with Crippen LogP contribution >= 0.6 is 11.8 Å². The van der Waals surface area contributed by atoms with Crippen molar-refractivity contribution in [2.45, 2.75) is 18.6 Å². The molecule has 0 saturated heterocycles. The zero-order chi connectivity index (χ0) is 22.5. The van der Waals surface area contributed by atoms with E-state index >= 15 is 0 Å². The van der Waals surface area contributed by atoms with Crippen LogP contribution in [0.4, 0.5) is 17.1 Å². The second-order valence-electron chi connectivity index (χ2n) is 6.16. The number of aromatic hydroxyl groups is 1. The number of phenolic OH excluding ortho intramolecular Hbond substituents is 1. The molecular formula is C18H16N6O6S. The molecule has 0 bridgehead atoms. The zero-order valence-electron chi connectivity index (χ0n) is 16.1. The predicted molar refractivity (Wildman–Crippen MR) is 112 cm³/mol. The van der Waals surface area contributed by atoms with Crippen LogP contribution in [0.1, 0.15) is 6.92 Å². The number of non-ortho nitro benzene ring substituents is 1. The Bertz CT molecular complexity index is 1160. The van der Waals surface area contributed by atoms with Crippen LogP contribution in [0.15, 0.2) is 47.6 Å². The highest BCUT2D eigenvalue weighted by Crippen LogP contribution is 2.29. The van der Waals surface area contributed by atoms with E-state index in [1.54, 1.807) is 16.7 Å². The molecule has 0 aliphatic rings. The van der Waals surface area contributed by atoms with Crippen LogP contribution in [-0.4, -0.2) is 41.4 Å². The lowest BCUT2D eigenvalue weighted by molar-refractivity contribution is -0.385. The van der Waals surface area contributed by atoms with Gasteiger partial charge >= 0.3 is 5.69 Å². The third-order valence-electron chi connectivity index (χ3n) is 4.14. The fourth-order valence-electron chi connectivity index (χ4n) is 2.73. The molecule has 2 N–H and O–H groups in total. The number of thioether (sulfide) groups is 1. The lowest BCUT2D eigenvalue weighted by atomic mass is 10.2. The van der Waals surface area contributed by atoms with Crippen LogP contribution in [0.3, 0.4) is 0 Å². The van der Waals surface area contributed by atoms with Crippen molar-refractivity contribution >= 4 is 34.7 Å². The van der Waals surface area contributed by atoms with Crippen molar-refractivity contribution in [2.24, 2.45) is 0 Å². The van der Waals surface area contributed by atoms with Crippen molar-refractivity contribution in [1.29, 1.82) is 0 Å². The molecule has 160 valence electrons. The third kappa shape index (κ3) is 4.95. The number of carbonyl (C=O) groups excluding carboxylic acids is 1. The number of carbonyl (C=O) groups is 1. The SMILES string of the molecule is CCn1c(SCC(=O)Nc2ccc(O)c([N+](=O)[O-])c2)nnc1-c1cccc([N+](=O)[O-])c1. The Morgan fingerprint density at radius 1 is 1.16 bits per heavy atom. The van der Waals surface area contributed by atoms with Crippen molar-refractivity contribution in [1.82, 2.24) is 14.8 Å². The monoisotopic (exact) mass is 444 g/mol. The summed E-state index contributed by atoms with van der Waals surface area (Å²) in [6.07, 6.45) is 0. The molecule has 13 heteroatoms. The van der Waals surface area contributed by atoms with Crippen molar-refractivity contribution in [3.8, 4) is 17.1 Å². The number of aromatic nitrogens is 3. The molecule has 0 aliphatic heterocycles. The van der Waals surface area contributed by atoms with E-state index in [0.717, 1.165) is 23.9 Å². The van der Waals surface area contributed by atoms with Gasteiger partial charge in [-0.3, -0.25) is 25.0 Å². The molecule has 3 rings (SSSR count). The van der Waals surface area contributed by atoms with Gasteiger partial charge in [0.25, 0.3) is 5.69 Å². The summed E-state index contributed by atoms with van der Waals surface area (Å²) in [6, 6.07) is 9.55. The molecule has 0 atom stereocenters. The van der Waals surface area contributed by atoms with Crippen LogP contribution in [0, 0.1) is 20.2 Å². The normalized spacial score (nSPS) is 10.6. The first kappa shape index (κ1) is 21.7. The van der Waals surface area contributed by atoms with E-state index in [-0.39, 0.29) is 17.1 Å². The third-order valence-corrected chi connectivity index (χ3v) is 5.10. The van der Waals surface area contributed by atoms with E-state index < -0.39 is 27.2 Å². The number of nitrogens with zero attached hydrogens (tertiary/aromatic N) is 5. The average Bonchev–Trinajstić information content (AvgIpc) is 3.16. The van der Waals surface area contributed by atoms with Crippen molar-refractivity contribution in [3.05, 3.63) is 62.7 Å². The summed E-state index contributed by atoms with van der Waals surface area (Å²) in [4.78, 5) is 32.9. The van der Waals surface area contributed by atoms with Gasteiger partial charge in [-0.25, -0.2) is 0 Å². The van der Waals surface area contributed by atoms with Crippen LogP contribution in [0.5, 0.6) is 5.75 Å². The second kappa shape index (κ2) is 9.21. The van der Waals surface area contributed by atoms with Gasteiger partial charge in [0.15, 0.2) is 16.7 Å². The smallest absolute Gasteiger partial charge is 0.312 e. The summed E-state index contributed by atoms with van der Waals surface area (Å²) in [5, 5.41) is 42.5. The number of nitro groups is 2. The molecule has 1 aromatic heterocycles. The minimum Gasteiger partial charge on any atom is -0.502 e. The quantitative estimate of drug-likeness (QED) is 0.229. The van der Waals surface area contributed by atoms with Gasteiger partial charge in [0.05, 0.1) is 15.6 Å². The molecule has 0 radical (unpaired) electrons. The van der Waals surface area contributed by atoms with Gasteiger partial charge in [-0.2, -0.15) is 0 Å². The van der Waals surface area contributed by atoms with Crippen LogP contribution in [0.25, 0.3) is 11.4 Å². The molecule has 1 heterocycles. The Hall–Kier alpha value is -4.00. The van der Waals surface area contributed by atoms with E-state index in [2.05, 4.69) is 15.5 Å². The first-order valence-electron chi connectivity index (χ1n) is 8.88. The number of benzene rings is 2. The van der Waals surface area contributed by atoms with Crippen molar-refractivity contribution in [2.75, 3.05) is 11.1 Å². The largest absolute Gasteiger partial charge is 0.502 e. The standard InChI is InChI=1S/C18H16N6O6S/c1-2-22-17(11-4-3-5-13(8-11)23(27)28)20-21-18(22)31-10-16(26)19-12-6-7-15(25)14(9-12)24(29)30/h3-9,25H,2,10H2,1H3,(H,19,26). The number of rotatable bonds is 8. The second-order valence-corrected chi connectivity index (χ2v) is 7.10. The van der Waals surface area contributed by atoms with Crippen LogP contribution in [0.2, 0.25) is 0 Å². The van der Waals surface area contributed by atoms with Gasteiger partial charge in [-0.05, 0) is 19.1 Å². The molecule has 31 heavy (non-hydrogen) atoms. The Kier molecular flexibility index (Phi) is 6.45. The van der Waals surface area contributed by atoms with E-state index in [9.17, 15) is 30.1 Å². The maximum atomic E-state index is 12.3.